The van der Waals surface area contributed by atoms with Gasteiger partial charge in [0, 0.05) is 71.0 Å². The molecule has 1 aliphatic heterocycles. The first kappa shape index (κ1) is 20.1. The average molecular weight is 402 g/mol. The second-order valence-electron chi connectivity index (χ2n) is 8.65. The highest BCUT2D eigenvalue weighted by atomic mass is 16.5. The van der Waals surface area contributed by atoms with E-state index in [1.165, 1.54) is 28.1 Å². The van der Waals surface area contributed by atoms with E-state index in [1.807, 2.05) is 0 Å². The zero-order chi connectivity index (χ0) is 21.5. The monoisotopic (exact) mass is 401 g/mol. The van der Waals surface area contributed by atoms with E-state index < -0.39 is 0 Å². The Balaban J connectivity index is 1.89. The highest BCUT2D eigenvalue weighted by Crippen LogP contribution is 2.49. The van der Waals surface area contributed by atoms with Gasteiger partial charge in [-0.15, -0.1) is 0 Å². The van der Waals surface area contributed by atoms with Crippen molar-refractivity contribution >= 4 is 17.1 Å². The van der Waals surface area contributed by atoms with E-state index in [-0.39, 0.29) is 5.41 Å². The fraction of sp³-hybridized carbons (Fsp3) is 0.308. The molecule has 4 rings (SSSR count). The third-order valence-electron chi connectivity index (χ3n) is 6.14. The molecule has 0 fully saturated rings. The minimum atomic E-state index is -0.324. The first-order chi connectivity index (χ1) is 14.3. The van der Waals surface area contributed by atoms with Gasteiger partial charge in [-0.05, 0) is 41.5 Å². The van der Waals surface area contributed by atoms with Crippen LogP contribution in [-0.2, 0) is 5.41 Å². The van der Waals surface area contributed by atoms with Crippen molar-refractivity contribution in [2.45, 2.75) is 5.41 Å². The molecule has 0 amide bonds. The molecule has 30 heavy (non-hydrogen) atoms. The Morgan fingerprint density at radius 2 is 1.03 bits per heavy atom. The summed E-state index contributed by atoms with van der Waals surface area (Å²) in [4.78, 5) is 6.37. The Kier molecular flexibility index (Phi) is 5.10. The first-order valence-electron chi connectivity index (χ1n) is 10.3. The lowest BCUT2D eigenvalue weighted by atomic mass is 9.71. The van der Waals surface area contributed by atoms with Crippen molar-refractivity contribution in [3.05, 3.63) is 83.4 Å². The quantitative estimate of drug-likeness (QED) is 0.621. The summed E-state index contributed by atoms with van der Waals surface area (Å²) >= 11 is 0. The molecule has 1 heterocycles. The van der Waals surface area contributed by atoms with E-state index in [9.17, 15) is 0 Å². The van der Waals surface area contributed by atoms with Gasteiger partial charge in [0.25, 0.3) is 0 Å². The van der Waals surface area contributed by atoms with E-state index in [2.05, 4.69) is 124 Å². The van der Waals surface area contributed by atoms with Crippen molar-refractivity contribution in [1.29, 1.82) is 0 Å². The molecule has 0 bridgehead atoms. The van der Waals surface area contributed by atoms with Gasteiger partial charge in [0.2, 0.25) is 0 Å². The van der Waals surface area contributed by atoms with Gasteiger partial charge >= 0.3 is 0 Å². The lowest BCUT2D eigenvalue weighted by Crippen LogP contribution is -2.31. The number of nitrogens with zero attached hydrogens (tertiary/aromatic N) is 3. The molecule has 4 nitrogen and oxygen atoms in total. The van der Waals surface area contributed by atoms with Crippen LogP contribution in [0.5, 0.6) is 5.75 Å². The van der Waals surface area contributed by atoms with Gasteiger partial charge in [-0.2, -0.15) is 0 Å². The van der Waals surface area contributed by atoms with E-state index >= 15 is 0 Å². The standard InChI is InChI=1S/C26H31N3O/c1-27(2)21-11-7-19(8-12-21)26(20-9-13-22(14-10-20)28(3)4)18-30-25-17-23(29(5)6)15-16-24(25)26/h7-17H,18H2,1-6H3. The van der Waals surface area contributed by atoms with Crippen LogP contribution in [0.15, 0.2) is 66.7 Å². The summed E-state index contributed by atoms with van der Waals surface area (Å²) in [5.74, 6) is 0.967. The van der Waals surface area contributed by atoms with Crippen molar-refractivity contribution in [3.8, 4) is 5.75 Å². The average Bonchev–Trinajstić information content (AvgIpc) is 3.13. The van der Waals surface area contributed by atoms with Crippen LogP contribution in [0.25, 0.3) is 0 Å². The molecule has 0 saturated heterocycles. The number of fused-ring (bicyclic) bond motifs is 1. The number of hydrogen-bond acceptors (Lipinski definition) is 4. The normalized spacial score (nSPS) is 14.1. The molecule has 0 atom stereocenters. The predicted molar refractivity (Wildman–Crippen MR) is 128 cm³/mol. The first-order valence-corrected chi connectivity index (χ1v) is 10.3. The topological polar surface area (TPSA) is 19.0 Å². The third kappa shape index (κ3) is 3.26. The molecule has 0 aliphatic carbocycles. The molecule has 0 aromatic heterocycles. The van der Waals surface area contributed by atoms with Gasteiger partial charge in [0.1, 0.15) is 12.4 Å². The summed E-state index contributed by atoms with van der Waals surface area (Å²) in [6.07, 6.45) is 0. The molecular formula is C26H31N3O. The fourth-order valence-electron chi connectivity index (χ4n) is 4.26. The highest BCUT2D eigenvalue weighted by Gasteiger charge is 2.44. The summed E-state index contributed by atoms with van der Waals surface area (Å²) in [5, 5.41) is 0. The second kappa shape index (κ2) is 7.60. The lowest BCUT2D eigenvalue weighted by Gasteiger charge is -2.31. The molecule has 0 saturated carbocycles. The Morgan fingerprint density at radius 3 is 1.47 bits per heavy atom. The van der Waals surface area contributed by atoms with Gasteiger partial charge in [-0.25, -0.2) is 0 Å². The van der Waals surface area contributed by atoms with E-state index in [4.69, 9.17) is 4.74 Å². The largest absolute Gasteiger partial charge is 0.492 e. The van der Waals surface area contributed by atoms with Gasteiger partial charge in [0.05, 0.1) is 5.41 Å². The number of benzene rings is 3. The maximum absolute atomic E-state index is 6.32. The Bertz CT molecular complexity index is 970. The second-order valence-corrected chi connectivity index (χ2v) is 8.65. The van der Waals surface area contributed by atoms with Crippen LogP contribution in [0.2, 0.25) is 0 Å². The van der Waals surface area contributed by atoms with Gasteiger partial charge < -0.3 is 19.4 Å². The van der Waals surface area contributed by atoms with Gasteiger partial charge in [-0.3, -0.25) is 0 Å². The van der Waals surface area contributed by atoms with E-state index in [0.717, 1.165) is 11.4 Å². The van der Waals surface area contributed by atoms with Crippen molar-refractivity contribution in [2.75, 3.05) is 63.6 Å². The summed E-state index contributed by atoms with van der Waals surface area (Å²) < 4.78 is 6.32. The maximum Gasteiger partial charge on any atom is 0.126 e. The molecule has 0 radical (unpaired) electrons. The summed E-state index contributed by atoms with van der Waals surface area (Å²) in [5.41, 5.74) is 6.94. The summed E-state index contributed by atoms with van der Waals surface area (Å²) in [6.45, 7) is 0.599. The van der Waals surface area contributed by atoms with Gasteiger partial charge in [-0.1, -0.05) is 30.3 Å². The third-order valence-corrected chi connectivity index (χ3v) is 6.14. The van der Waals surface area contributed by atoms with Gasteiger partial charge in [0.15, 0.2) is 0 Å². The van der Waals surface area contributed by atoms with Crippen LogP contribution in [0, 0.1) is 0 Å². The van der Waals surface area contributed by atoms with Crippen molar-refractivity contribution < 1.29 is 4.74 Å². The smallest absolute Gasteiger partial charge is 0.126 e. The lowest BCUT2D eigenvalue weighted by molar-refractivity contribution is 0.313. The summed E-state index contributed by atoms with van der Waals surface area (Å²) in [7, 11) is 12.4. The van der Waals surface area contributed by atoms with Crippen LogP contribution >= 0.6 is 0 Å². The molecule has 0 spiro atoms. The number of ether oxygens (including phenoxy) is 1. The molecule has 4 heteroatoms. The van der Waals surface area contributed by atoms with E-state index in [1.54, 1.807) is 0 Å². The summed E-state index contributed by atoms with van der Waals surface area (Å²) in [6, 6.07) is 24.3. The van der Waals surface area contributed by atoms with Crippen molar-refractivity contribution in [3.63, 3.8) is 0 Å². The van der Waals surface area contributed by atoms with Crippen LogP contribution in [0.3, 0.4) is 0 Å². The van der Waals surface area contributed by atoms with E-state index in [0.29, 0.717) is 6.61 Å². The number of rotatable bonds is 5. The minimum absolute atomic E-state index is 0.324. The molecule has 0 N–H and O–H groups in total. The molecule has 3 aromatic rings. The number of hydrogen-bond donors (Lipinski definition) is 0. The van der Waals surface area contributed by atoms with Crippen LogP contribution in [0.4, 0.5) is 17.1 Å². The SMILES string of the molecule is CN(C)c1ccc(C2(c3ccc(N(C)C)cc3)COc3cc(N(C)C)ccc32)cc1. The molecule has 156 valence electrons. The Hall–Kier alpha value is -3.14. The Morgan fingerprint density at radius 1 is 0.600 bits per heavy atom. The van der Waals surface area contributed by atoms with Crippen molar-refractivity contribution in [1.82, 2.24) is 0 Å². The van der Waals surface area contributed by atoms with Crippen LogP contribution in [-0.4, -0.2) is 48.9 Å². The highest BCUT2D eigenvalue weighted by molar-refractivity contribution is 5.65. The molecule has 3 aromatic carbocycles. The Labute approximate surface area is 180 Å². The van der Waals surface area contributed by atoms with Crippen LogP contribution < -0.4 is 19.4 Å². The molecule has 1 aliphatic rings. The predicted octanol–water partition coefficient (Wildman–Crippen LogP) is 4.61. The zero-order valence-electron chi connectivity index (χ0n) is 18.8. The minimum Gasteiger partial charge on any atom is -0.492 e. The van der Waals surface area contributed by atoms with Crippen molar-refractivity contribution in [2.24, 2.45) is 0 Å². The number of anilines is 3. The zero-order valence-corrected chi connectivity index (χ0v) is 18.8. The fourth-order valence-corrected chi connectivity index (χ4v) is 4.26. The molecule has 0 unspecified atom stereocenters. The maximum atomic E-state index is 6.32. The molecular weight excluding hydrogens is 370 g/mol. The van der Waals surface area contributed by atoms with Crippen LogP contribution in [0.1, 0.15) is 16.7 Å².